The summed E-state index contributed by atoms with van der Waals surface area (Å²) in [6, 6.07) is 5.34. The number of carbonyl (C=O) groups excluding carboxylic acids is 1. The van der Waals surface area contributed by atoms with Gasteiger partial charge in [-0.25, -0.2) is 17.7 Å². The van der Waals surface area contributed by atoms with E-state index in [0.29, 0.717) is 38.2 Å². The quantitative estimate of drug-likeness (QED) is 0.880. The molecule has 3 rings (SSSR count). The van der Waals surface area contributed by atoms with Crippen LogP contribution in [0.3, 0.4) is 0 Å². The van der Waals surface area contributed by atoms with Crippen molar-refractivity contribution in [3.8, 4) is 0 Å². The van der Waals surface area contributed by atoms with Gasteiger partial charge in [0.05, 0.1) is 23.6 Å². The molecule has 22 heavy (non-hydrogen) atoms. The van der Waals surface area contributed by atoms with Crippen molar-refractivity contribution < 1.29 is 13.2 Å². The van der Waals surface area contributed by atoms with E-state index >= 15 is 0 Å². The Morgan fingerprint density at radius 3 is 2.82 bits per heavy atom. The average Bonchev–Trinajstić information content (AvgIpc) is 2.78. The number of H-pyrrole nitrogens is 1. The molecule has 0 bridgehead atoms. The largest absolute Gasteiger partial charge is 0.345 e. The first-order valence-corrected chi connectivity index (χ1v) is 8.97. The smallest absolute Gasteiger partial charge is 0.253 e. The molecule has 2 aromatic rings. The molecule has 0 radical (unpaired) electrons. The molecular weight excluding hydrogens is 304 g/mol. The van der Waals surface area contributed by atoms with Crippen LogP contribution in [0.1, 0.15) is 16.8 Å². The van der Waals surface area contributed by atoms with Crippen molar-refractivity contribution in [1.82, 2.24) is 19.2 Å². The Kier molecular flexibility index (Phi) is 3.88. The normalized spacial score (nSPS) is 17.6. The summed E-state index contributed by atoms with van der Waals surface area (Å²) in [4.78, 5) is 21.4. The number of imidazole rings is 1. The van der Waals surface area contributed by atoms with Crippen molar-refractivity contribution in [2.24, 2.45) is 0 Å². The number of aromatic nitrogens is 2. The summed E-state index contributed by atoms with van der Waals surface area (Å²) < 4.78 is 24.7. The molecule has 1 saturated heterocycles. The lowest BCUT2D eigenvalue weighted by atomic mass is 10.1. The summed E-state index contributed by atoms with van der Waals surface area (Å²) in [5, 5.41) is 0. The number of hydrogen-bond acceptors (Lipinski definition) is 4. The number of carbonyl (C=O) groups is 1. The number of amides is 1. The lowest BCUT2D eigenvalue weighted by Crippen LogP contribution is -2.36. The number of nitrogens with zero attached hydrogens (tertiary/aromatic N) is 3. The van der Waals surface area contributed by atoms with E-state index in [1.54, 1.807) is 29.4 Å². The lowest BCUT2D eigenvalue weighted by molar-refractivity contribution is 0.0764. The molecule has 1 aromatic carbocycles. The maximum Gasteiger partial charge on any atom is 0.253 e. The van der Waals surface area contributed by atoms with Crippen LogP contribution in [0.2, 0.25) is 0 Å². The molecule has 0 spiro atoms. The lowest BCUT2D eigenvalue weighted by Gasteiger charge is -2.21. The Balaban J connectivity index is 1.77. The van der Waals surface area contributed by atoms with Crippen LogP contribution in [0.15, 0.2) is 24.5 Å². The van der Waals surface area contributed by atoms with E-state index in [9.17, 15) is 13.2 Å². The summed E-state index contributed by atoms with van der Waals surface area (Å²) in [6.45, 7) is 1.78. The van der Waals surface area contributed by atoms with Crippen LogP contribution in [0.4, 0.5) is 0 Å². The zero-order chi connectivity index (χ0) is 15.7. The fourth-order valence-electron chi connectivity index (χ4n) is 2.68. The van der Waals surface area contributed by atoms with Gasteiger partial charge in [0.2, 0.25) is 10.0 Å². The van der Waals surface area contributed by atoms with E-state index in [-0.39, 0.29) is 5.91 Å². The summed E-state index contributed by atoms with van der Waals surface area (Å²) in [5.41, 5.74) is 2.22. The highest BCUT2D eigenvalue weighted by atomic mass is 32.2. The van der Waals surface area contributed by atoms with Gasteiger partial charge >= 0.3 is 0 Å². The molecule has 1 aromatic heterocycles. The number of aromatic amines is 1. The molecule has 118 valence electrons. The zero-order valence-electron chi connectivity index (χ0n) is 12.3. The third-order valence-corrected chi connectivity index (χ3v) is 5.18. The number of nitrogens with one attached hydrogen (secondary N) is 1. The van der Waals surface area contributed by atoms with Crippen molar-refractivity contribution in [3.63, 3.8) is 0 Å². The Hall–Kier alpha value is -1.93. The Morgan fingerprint density at radius 2 is 2.05 bits per heavy atom. The van der Waals surface area contributed by atoms with Crippen molar-refractivity contribution in [2.75, 3.05) is 32.4 Å². The van der Waals surface area contributed by atoms with Gasteiger partial charge in [-0.1, -0.05) is 0 Å². The van der Waals surface area contributed by atoms with Crippen LogP contribution in [-0.4, -0.2) is 65.9 Å². The molecule has 7 nitrogen and oxygen atoms in total. The van der Waals surface area contributed by atoms with E-state index in [2.05, 4.69) is 9.97 Å². The standard InChI is InChI=1S/C14H18N4O3S/c1-22(20,21)18-6-2-5-17(7-8-18)14(19)11-3-4-12-13(9-11)16-10-15-12/h3-4,9-10H,2,5-8H2,1H3,(H,15,16). The van der Waals surface area contributed by atoms with E-state index in [4.69, 9.17) is 0 Å². The monoisotopic (exact) mass is 322 g/mol. The number of sulfonamides is 1. The van der Waals surface area contributed by atoms with Gasteiger partial charge in [-0.15, -0.1) is 0 Å². The maximum atomic E-state index is 12.6. The van der Waals surface area contributed by atoms with Crippen molar-refractivity contribution >= 4 is 27.0 Å². The molecule has 1 fully saturated rings. The highest BCUT2D eigenvalue weighted by Crippen LogP contribution is 2.15. The van der Waals surface area contributed by atoms with Crippen molar-refractivity contribution in [2.45, 2.75) is 6.42 Å². The summed E-state index contributed by atoms with van der Waals surface area (Å²) >= 11 is 0. The molecule has 0 unspecified atom stereocenters. The highest BCUT2D eigenvalue weighted by Gasteiger charge is 2.24. The molecule has 1 aliphatic rings. The molecule has 8 heteroatoms. The van der Waals surface area contributed by atoms with Gasteiger partial charge in [-0.2, -0.15) is 0 Å². The maximum absolute atomic E-state index is 12.6. The van der Waals surface area contributed by atoms with Gasteiger partial charge in [-0.3, -0.25) is 4.79 Å². The van der Waals surface area contributed by atoms with Crippen LogP contribution in [0.5, 0.6) is 0 Å². The van der Waals surface area contributed by atoms with E-state index < -0.39 is 10.0 Å². The number of rotatable bonds is 2. The minimum absolute atomic E-state index is 0.0770. The average molecular weight is 322 g/mol. The first kappa shape index (κ1) is 15.0. The Labute approximate surface area is 129 Å². The second-order valence-electron chi connectivity index (χ2n) is 5.44. The van der Waals surface area contributed by atoms with Crippen LogP contribution in [-0.2, 0) is 10.0 Å². The van der Waals surface area contributed by atoms with Crippen LogP contribution >= 0.6 is 0 Å². The third-order valence-electron chi connectivity index (χ3n) is 3.88. The zero-order valence-corrected chi connectivity index (χ0v) is 13.1. The van der Waals surface area contributed by atoms with Gasteiger partial charge < -0.3 is 9.88 Å². The van der Waals surface area contributed by atoms with Gasteiger partial charge in [0.25, 0.3) is 5.91 Å². The molecule has 1 amide bonds. The molecule has 0 atom stereocenters. The predicted molar refractivity (Wildman–Crippen MR) is 83.0 cm³/mol. The first-order valence-electron chi connectivity index (χ1n) is 7.13. The number of hydrogen-bond donors (Lipinski definition) is 1. The molecule has 1 aliphatic heterocycles. The minimum atomic E-state index is -3.20. The van der Waals surface area contributed by atoms with E-state index in [0.717, 1.165) is 11.0 Å². The van der Waals surface area contributed by atoms with Gasteiger partial charge in [0.1, 0.15) is 0 Å². The van der Waals surface area contributed by atoms with Gasteiger partial charge in [-0.05, 0) is 24.6 Å². The first-order chi connectivity index (χ1) is 10.4. The van der Waals surface area contributed by atoms with Gasteiger partial charge in [0.15, 0.2) is 0 Å². The van der Waals surface area contributed by atoms with E-state index in [1.807, 2.05) is 0 Å². The third kappa shape index (κ3) is 2.97. The fourth-order valence-corrected chi connectivity index (χ4v) is 3.55. The Morgan fingerprint density at radius 1 is 1.23 bits per heavy atom. The molecule has 0 aliphatic carbocycles. The van der Waals surface area contributed by atoms with Crippen LogP contribution in [0.25, 0.3) is 11.0 Å². The number of fused-ring (bicyclic) bond motifs is 1. The Bertz CT molecular complexity index is 799. The highest BCUT2D eigenvalue weighted by molar-refractivity contribution is 7.88. The molecular formula is C14H18N4O3S. The predicted octanol–water partition coefficient (Wildman–Crippen LogP) is 0.670. The second-order valence-corrected chi connectivity index (χ2v) is 7.42. The summed E-state index contributed by atoms with van der Waals surface area (Å²) in [5.74, 6) is -0.0770. The number of benzene rings is 1. The SMILES string of the molecule is CS(=O)(=O)N1CCCN(C(=O)c2ccc3nc[nH]c3c2)CC1. The molecule has 1 N–H and O–H groups in total. The fraction of sp³-hybridized carbons (Fsp3) is 0.429. The van der Waals surface area contributed by atoms with Crippen LogP contribution in [0, 0.1) is 0 Å². The van der Waals surface area contributed by atoms with E-state index in [1.165, 1.54) is 10.6 Å². The van der Waals surface area contributed by atoms with Crippen LogP contribution < -0.4 is 0 Å². The minimum Gasteiger partial charge on any atom is -0.345 e. The second kappa shape index (κ2) is 5.69. The topological polar surface area (TPSA) is 86.4 Å². The van der Waals surface area contributed by atoms with Gasteiger partial charge in [0, 0.05) is 31.7 Å². The summed E-state index contributed by atoms with van der Waals surface area (Å²) in [7, 11) is -3.20. The van der Waals surface area contributed by atoms with Crippen molar-refractivity contribution in [3.05, 3.63) is 30.1 Å². The molecule has 2 heterocycles. The molecule has 0 saturated carbocycles. The van der Waals surface area contributed by atoms with Crippen molar-refractivity contribution in [1.29, 1.82) is 0 Å². The summed E-state index contributed by atoms with van der Waals surface area (Å²) in [6.07, 6.45) is 3.44.